The summed E-state index contributed by atoms with van der Waals surface area (Å²) in [7, 11) is -2.57. The number of amides is 1. The molecule has 0 saturated heterocycles. The van der Waals surface area contributed by atoms with Gasteiger partial charge >= 0.3 is 0 Å². The van der Waals surface area contributed by atoms with Crippen LogP contribution in [0.3, 0.4) is 0 Å². The molecular formula is C19H22ClFN2O4S. The Kier molecular flexibility index (Phi) is 7.94. The molecule has 28 heavy (non-hydrogen) atoms. The lowest BCUT2D eigenvalue weighted by Crippen LogP contribution is -2.41. The molecule has 0 aliphatic carbocycles. The molecule has 2 rings (SSSR count). The third kappa shape index (κ3) is 5.75. The van der Waals surface area contributed by atoms with Crippen LogP contribution in [0.5, 0.6) is 0 Å². The number of carbonyl (C=O) groups is 1. The molecule has 1 amide bonds. The molecule has 6 nitrogen and oxygen atoms in total. The van der Waals surface area contributed by atoms with Gasteiger partial charge in [-0.2, -0.15) is 4.31 Å². The van der Waals surface area contributed by atoms with Crippen molar-refractivity contribution in [3.8, 4) is 0 Å². The summed E-state index contributed by atoms with van der Waals surface area (Å²) >= 11 is 6.05. The summed E-state index contributed by atoms with van der Waals surface area (Å²) in [6, 6.07) is 10.3. The third-order valence-electron chi connectivity index (χ3n) is 4.00. The second-order valence-electron chi connectivity index (χ2n) is 6.13. The molecule has 0 radical (unpaired) electrons. The van der Waals surface area contributed by atoms with Crippen molar-refractivity contribution in [2.24, 2.45) is 0 Å². The molecule has 0 heterocycles. The van der Waals surface area contributed by atoms with Gasteiger partial charge in [0.15, 0.2) is 0 Å². The van der Waals surface area contributed by atoms with Crippen LogP contribution < -0.4 is 5.32 Å². The van der Waals surface area contributed by atoms with Gasteiger partial charge in [0.25, 0.3) is 0 Å². The Morgan fingerprint density at radius 1 is 1.21 bits per heavy atom. The van der Waals surface area contributed by atoms with Gasteiger partial charge in [0, 0.05) is 30.8 Å². The van der Waals surface area contributed by atoms with E-state index < -0.39 is 28.3 Å². The number of rotatable bonds is 9. The lowest BCUT2D eigenvalue weighted by molar-refractivity contribution is -0.121. The number of nitrogens with zero attached hydrogens (tertiary/aromatic N) is 1. The van der Waals surface area contributed by atoms with Gasteiger partial charge in [0.1, 0.15) is 5.82 Å². The fourth-order valence-corrected chi connectivity index (χ4v) is 4.04. The molecule has 0 spiro atoms. The van der Waals surface area contributed by atoms with Gasteiger partial charge in [0.05, 0.1) is 18.0 Å². The zero-order chi connectivity index (χ0) is 20.7. The molecule has 0 aromatic heterocycles. The van der Waals surface area contributed by atoms with Gasteiger partial charge in [-0.25, -0.2) is 12.8 Å². The van der Waals surface area contributed by atoms with Crippen molar-refractivity contribution >= 4 is 27.5 Å². The van der Waals surface area contributed by atoms with Crippen molar-refractivity contribution in [1.82, 2.24) is 9.62 Å². The van der Waals surface area contributed by atoms with E-state index in [0.717, 1.165) is 9.87 Å². The van der Waals surface area contributed by atoms with Gasteiger partial charge in [-0.05, 0) is 31.2 Å². The molecule has 0 atom stereocenters. The third-order valence-corrected chi connectivity index (χ3v) is 6.16. The zero-order valence-corrected chi connectivity index (χ0v) is 17.2. The highest BCUT2D eigenvalue weighted by Gasteiger charge is 2.28. The van der Waals surface area contributed by atoms with Crippen LogP contribution in [0.1, 0.15) is 11.1 Å². The molecule has 0 unspecified atom stereocenters. The van der Waals surface area contributed by atoms with Crippen molar-refractivity contribution in [3.63, 3.8) is 0 Å². The number of nitrogens with one attached hydrogen (secondary N) is 1. The highest BCUT2D eigenvalue weighted by molar-refractivity contribution is 7.89. The lowest BCUT2D eigenvalue weighted by Gasteiger charge is -2.23. The SMILES string of the molecule is COCCNC(=O)CN(Cc1c(F)cccc1Cl)S(=O)(=O)c1ccc(C)cc1. The Morgan fingerprint density at radius 2 is 1.89 bits per heavy atom. The first-order chi connectivity index (χ1) is 13.3. The first-order valence-electron chi connectivity index (χ1n) is 8.51. The number of halogens is 2. The van der Waals surface area contributed by atoms with Gasteiger partial charge < -0.3 is 10.1 Å². The number of carbonyl (C=O) groups excluding carboxylic acids is 1. The van der Waals surface area contributed by atoms with E-state index >= 15 is 0 Å². The topological polar surface area (TPSA) is 75.7 Å². The highest BCUT2D eigenvalue weighted by atomic mass is 35.5. The minimum atomic E-state index is -4.06. The van der Waals surface area contributed by atoms with E-state index in [1.165, 1.54) is 37.4 Å². The van der Waals surface area contributed by atoms with E-state index in [1.54, 1.807) is 12.1 Å². The number of ether oxygens (including phenoxy) is 1. The smallest absolute Gasteiger partial charge is 0.243 e. The molecule has 2 aromatic carbocycles. The second kappa shape index (κ2) is 9.97. The largest absolute Gasteiger partial charge is 0.383 e. The van der Waals surface area contributed by atoms with Crippen molar-refractivity contribution in [2.45, 2.75) is 18.4 Å². The molecular weight excluding hydrogens is 407 g/mol. The van der Waals surface area contributed by atoms with E-state index in [9.17, 15) is 17.6 Å². The molecule has 9 heteroatoms. The summed E-state index contributed by atoms with van der Waals surface area (Å²) in [5.41, 5.74) is 0.893. The second-order valence-corrected chi connectivity index (χ2v) is 8.47. The zero-order valence-electron chi connectivity index (χ0n) is 15.6. The molecule has 0 aliphatic rings. The number of aryl methyl sites for hydroxylation is 1. The Labute approximate surface area is 169 Å². The van der Waals surface area contributed by atoms with Crippen molar-refractivity contribution in [1.29, 1.82) is 0 Å². The van der Waals surface area contributed by atoms with Crippen LogP contribution in [0.25, 0.3) is 0 Å². The van der Waals surface area contributed by atoms with Crippen LogP contribution in [0.2, 0.25) is 5.02 Å². The quantitative estimate of drug-likeness (QED) is 0.623. The minimum Gasteiger partial charge on any atom is -0.383 e. The van der Waals surface area contributed by atoms with Crippen molar-refractivity contribution in [3.05, 3.63) is 64.4 Å². The Balaban J connectivity index is 2.35. The standard InChI is InChI=1S/C19H22ClFN2O4S/c1-14-6-8-15(9-7-14)28(25,26)23(13-19(24)22-10-11-27-2)12-16-17(20)4-3-5-18(16)21/h3-9H,10-13H2,1-2H3,(H,22,24). The summed E-state index contributed by atoms with van der Waals surface area (Å²) in [6.45, 7) is 1.49. The van der Waals surface area contributed by atoms with E-state index in [2.05, 4.69) is 5.32 Å². The number of sulfonamides is 1. The molecule has 1 N–H and O–H groups in total. The first-order valence-corrected chi connectivity index (χ1v) is 10.3. The number of benzene rings is 2. The fraction of sp³-hybridized carbons (Fsp3) is 0.316. The van der Waals surface area contributed by atoms with Crippen LogP contribution in [-0.4, -0.2) is 45.4 Å². The normalized spacial score (nSPS) is 11.6. The van der Waals surface area contributed by atoms with Crippen LogP contribution >= 0.6 is 11.6 Å². The average Bonchev–Trinajstić information content (AvgIpc) is 2.64. The summed E-state index contributed by atoms with van der Waals surface area (Å²) in [4.78, 5) is 12.2. The molecule has 0 saturated carbocycles. The van der Waals surface area contributed by atoms with E-state index in [1.807, 2.05) is 6.92 Å². The van der Waals surface area contributed by atoms with Gasteiger partial charge in [0.2, 0.25) is 15.9 Å². The average molecular weight is 429 g/mol. The summed E-state index contributed by atoms with van der Waals surface area (Å²) in [5.74, 6) is -1.17. The molecule has 152 valence electrons. The molecule has 0 aliphatic heterocycles. The van der Waals surface area contributed by atoms with Gasteiger partial charge in [-0.3, -0.25) is 4.79 Å². The summed E-state index contributed by atoms with van der Waals surface area (Å²) in [6.07, 6.45) is 0. The van der Waals surface area contributed by atoms with Gasteiger partial charge in [-0.1, -0.05) is 35.4 Å². The maximum Gasteiger partial charge on any atom is 0.243 e. The monoisotopic (exact) mass is 428 g/mol. The first kappa shape index (κ1) is 22.3. The van der Waals surface area contributed by atoms with Crippen molar-refractivity contribution in [2.75, 3.05) is 26.8 Å². The van der Waals surface area contributed by atoms with E-state index in [-0.39, 0.29) is 35.2 Å². The summed E-state index contributed by atoms with van der Waals surface area (Å²) < 4.78 is 46.2. The van der Waals surface area contributed by atoms with Gasteiger partial charge in [-0.15, -0.1) is 0 Å². The Morgan fingerprint density at radius 3 is 2.50 bits per heavy atom. The van der Waals surface area contributed by atoms with Crippen LogP contribution in [0.15, 0.2) is 47.4 Å². The maximum atomic E-state index is 14.2. The highest BCUT2D eigenvalue weighted by Crippen LogP contribution is 2.24. The van der Waals surface area contributed by atoms with E-state index in [4.69, 9.17) is 16.3 Å². The van der Waals surface area contributed by atoms with Crippen LogP contribution in [-0.2, 0) is 26.1 Å². The van der Waals surface area contributed by atoms with Crippen LogP contribution in [0, 0.1) is 12.7 Å². The number of hydrogen-bond donors (Lipinski definition) is 1. The number of hydrogen-bond acceptors (Lipinski definition) is 4. The Hall–Kier alpha value is -2.00. The van der Waals surface area contributed by atoms with Crippen LogP contribution in [0.4, 0.5) is 4.39 Å². The molecule has 0 bridgehead atoms. The molecule has 2 aromatic rings. The maximum absolute atomic E-state index is 14.2. The molecule has 0 fully saturated rings. The Bertz CT molecular complexity index is 900. The van der Waals surface area contributed by atoms with E-state index in [0.29, 0.717) is 0 Å². The predicted octanol–water partition coefficient (Wildman–Crippen LogP) is 2.74. The predicted molar refractivity (Wildman–Crippen MR) is 105 cm³/mol. The summed E-state index contributed by atoms with van der Waals surface area (Å²) in [5, 5.41) is 2.65. The fourth-order valence-electron chi connectivity index (χ4n) is 2.45. The minimum absolute atomic E-state index is 0.00421. The lowest BCUT2D eigenvalue weighted by atomic mass is 10.2. The number of methoxy groups -OCH3 is 1. The van der Waals surface area contributed by atoms with Crippen molar-refractivity contribution < 1.29 is 22.3 Å².